The summed E-state index contributed by atoms with van der Waals surface area (Å²) in [5.41, 5.74) is 0.264. The Morgan fingerprint density at radius 3 is 2.67 bits per heavy atom. The van der Waals surface area contributed by atoms with Gasteiger partial charge in [-0.25, -0.2) is 0 Å². The van der Waals surface area contributed by atoms with Gasteiger partial charge in [0.2, 0.25) is 5.82 Å². The van der Waals surface area contributed by atoms with Gasteiger partial charge in [-0.1, -0.05) is 13.0 Å². The van der Waals surface area contributed by atoms with Gasteiger partial charge in [0.1, 0.15) is 0 Å². The van der Waals surface area contributed by atoms with Gasteiger partial charge in [0, 0.05) is 12.6 Å². The van der Waals surface area contributed by atoms with Crippen molar-refractivity contribution in [2.24, 2.45) is 0 Å². The Labute approximate surface area is 87.5 Å². The number of nitrogens with zero attached hydrogens (tertiary/aromatic N) is 2. The molecule has 0 aliphatic heterocycles. The van der Waals surface area contributed by atoms with Gasteiger partial charge in [-0.15, -0.1) is 0 Å². The summed E-state index contributed by atoms with van der Waals surface area (Å²) < 4.78 is 13.2. The van der Waals surface area contributed by atoms with Gasteiger partial charge in [-0.2, -0.15) is 4.39 Å². The van der Waals surface area contributed by atoms with Gasteiger partial charge in [0.15, 0.2) is 0 Å². The molecule has 1 aromatic carbocycles. The van der Waals surface area contributed by atoms with E-state index < -0.39 is 16.4 Å². The van der Waals surface area contributed by atoms with Crippen LogP contribution in [0.25, 0.3) is 0 Å². The maximum atomic E-state index is 13.2. The van der Waals surface area contributed by atoms with Crippen LogP contribution < -0.4 is 0 Å². The van der Waals surface area contributed by atoms with Crippen LogP contribution in [0.2, 0.25) is 0 Å². The van der Waals surface area contributed by atoms with E-state index in [0.29, 0.717) is 6.54 Å². The summed E-state index contributed by atoms with van der Waals surface area (Å²) in [6, 6.07) is 3.99. The third-order valence-corrected chi connectivity index (χ3v) is 2.20. The average molecular weight is 212 g/mol. The Morgan fingerprint density at radius 1 is 1.53 bits per heavy atom. The Bertz CT molecular complexity index is 368. The van der Waals surface area contributed by atoms with Crippen LogP contribution in [0.3, 0.4) is 0 Å². The summed E-state index contributed by atoms with van der Waals surface area (Å²) in [4.78, 5) is 11.6. The second-order valence-corrected chi connectivity index (χ2v) is 3.37. The molecular formula is C10H13FN2O2. The largest absolute Gasteiger partial charge is 0.304 e. The number of rotatable bonds is 4. The average Bonchev–Trinajstić information content (AvgIpc) is 2.17. The third-order valence-electron chi connectivity index (χ3n) is 2.20. The summed E-state index contributed by atoms with van der Waals surface area (Å²) in [5, 5.41) is 10.4. The molecule has 1 rings (SSSR count). The van der Waals surface area contributed by atoms with Crippen molar-refractivity contribution in [2.75, 3.05) is 13.6 Å². The van der Waals surface area contributed by atoms with E-state index in [9.17, 15) is 14.5 Å². The first-order valence-electron chi connectivity index (χ1n) is 4.66. The first-order valence-corrected chi connectivity index (χ1v) is 4.66. The second-order valence-electron chi connectivity index (χ2n) is 3.37. The van der Waals surface area contributed by atoms with Crippen molar-refractivity contribution in [1.82, 2.24) is 4.90 Å². The van der Waals surface area contributed by atoms with Crippen LogP contribution in [0.15, 0.2) is 18.2 Å². The maximum absolute atomic E-state index is 13.2. The summed E-state index contributed by atoms with van der Waals surface area (Å²) in [5.74, 6) is -0.776. The summed E-state index contributed by atoms with van der Waals surface area (Å²) >= 11 is 0. The molecule has 0 unspecified atom stereocenters. The topological polar surface area (TPSA) is 46.4 Å². The monoisotopic (exact) mass is 212 g/mol. The van der Waals surface area contributed by atoms with Gasteiger partial charge in [-0.3, -0.25) is 10.1 Å². The first-order chi connectivity index (χ1) is 7.04. The van der Waals surface area contributed by atoms with E-state index in [-0.39, 0.29) is 0 Å². The van der Waals surface area contributed by atoms with E-state index >= 15 is 0 Å². The molecule has 1 aromatic rings. The molecule has 82 valence electrons. The molecule has 0 amide bonds. The summed E-state index contributed by atoms with van der Waals surface area (Å²) in [6.45, 7) is 3.42. The molecule has 0 radical (unpaired) electrons. The lowest BCUT2D eigenvalue weighted by molar-refractivity contribution is -0.387. The fraction of sp³-hybridized carbons (Fsp3) is 0.400. The highest BCUT2D eigenvalue weighted by Crippen LogP contribution is 2.18. The summed E-state index contributed by atoms with van der Waals surface area (Å²) in [7, 11) is 1.90. The minimum Gasteiger partial charge on any atom is -0.302 e. The predicted octanol–water partition coefficient (Wildman–Crippen LogP) is 2.19. The van der Waals surface area contributed by atoms with Gasteiger partial charge in [-0.05, 0) is 25.2 Å². The lowest BCUT2D eigenvalue weighted by Gasteiger charge is -2.13. The van der Waals surface area contributed by atoms with Crippen LogP contribution >= 0.6 is 0 Å². The van der Waals surface area contributed by atoms with Crippen LogP contribution in [-0.4, -0.2) is 23.4 Å². The Balaban J connectivity index is 2.87. The van der Waals surface area contributed by atoms with Crippen molar-refractivity contribution >= 4 is 5.69 Å². The predicted molar refractivity (Wildman–Crippen MR) is 55.1 cm³/mol. The molecule has 0 atom stereocenters. The highest BCUT2D eigenvalue weighted by molar-refractivity contribution is 5.34. The zero-order valence-electron chi connectivity index (χ0n) is 8.74. The minimum atomic E-state index is -0.776. The van der Waals surface area contributed by atoms with E-state index in [1.807, 2.05) is 18.9 Å². The molecule has 0 saturated carbocycles. The number of halogens is 1. The molecule has 15 heavy (non-hydrogen) atoms. The van der Waals surface area contributed by atoms with Crippen molar-refractivity contribution in [3.8, 4) is 0 Å². The zero-order chi connectivity index (χ0) is 11.4. The second kappa shape index (κ2) is 4.84. The van der Waals surface area contributed by atoms with Crippen LogP contribution in [0.5, 0.6) is 0 Å². The van der Waals surface area contributed by atoms with Gasteiger partial charge in [0.05, 0.1) is 4.92 Å². The number of hydrogen-bond acceptors (Lipinski definition) is 3. The number of hydrogen-bond donors (Lipinski definition) is 0. The molecule has 4 nitrogen and oxygen atoms in total. The van der Waals surface area contributed by atoms with Crippen molar-refractivity contribution in [1.29, 1.82) is 0 Å². The molecule has 0 bridgehead atoms. The van der Waals surface area contributed by atoms with Gasteiger partial charge in [0.25, 0.3) is 0 Å². The SMILES string of the molecule is CCN(C)Cc1ccc([N+](=O)[O-])c(F)c1. The van der Waals surface area contributed by atoms with Crippen molar-refractivity contribution in [3.05, 3.63) is 39.7 Å². The molecule has 0 aromatic heterocycles. The van der Waals surface area contributed by atoms with Gasteiger partial charge < -0.3 is 4.90 Å². The van der Waals surface area contributed by atoms with Crippen LogP contribution in [0, 0.1) is 15.9 Å². The fourth-order valence-electron chi connectivity index (χ4n) is 1.22. The van der Waals surface area contributed by atoms with Gasteiger partial charge >= 0.3 is 5.69 Å². The molecule has 0 aliphatic carbocycles. The maximum Gasteiger partial charge on any atom is 0.304 e. The highest BCUT2D eigenvalue weighted by atomic mass is 19.1. The molecule has 0 spiro atoms. The number of benzene rings is 1. The lowest BCUT2D eigenvalue weighted by Crippen LogP contribution is -2.16. The molecular weight excluding hydrogens is 199 g/mol. The molecule has 5 heteroatoms. The lowest BCUT2D eigenvalue weighted by atomic mass is 10.2. The van der Waals surface area contributed by atoms with Crippen molar-refractivity contribution < 1.29 is 9.31 Å². The highest BCUT2D eigenvalue weighted by Gasteiger charge is 2.13. The minimum absolute atomic E-state index is 0.474. The molecule has 0 fully saturated rings. The van der Waals surface area contributed by atoms with E-state index in [4.69, 9.17) is 0 Å². The molecule has 0 aliphatic rings. The van der Waals surface area contributed by atoms with E-state index in [1.165, 1.54) is 12.1 Å². The fourth-order valence-corrected chi connectivity index (χ4v) is 1.22. The summed E-state index contributed by atoms with van der Waals surface area (Å²) in [6.07, 6.45) is 0. The van der Waals surface area contributed by atoms with E-state index in [1.54, 1.807) is 6.07 Å². The molecule has 0 heterocycles. The molecule has 0 saturated heterocycles. The number of nitro groups is 1. The normalized spacial score (nSPS) is 10.7. The molecule has 0 N–H and O–H groups in total. The Morgan fingerprint density at radius 2 is 2.20 bits per heavy atom. The Hall–Kier alpha value is -1.49. The first kappa shape index (κ1) is 11.6. The van der Waals surface area contributed by atoms with Crippen LogP contribution in [0.4, 0.5) is 10.1 Å². The van der Waals surface area contributed by atoms with Crippen LogP contribution in [-0.2, 0) is 6.54 Å². The smallest absolute Gasteiger partial charge is 0.302 e. The van der Waals surface area contributed by atoms with E-state index in [2.05, 4.69) is 0 Å². The Kier molecular flexibility index (Phi) is 3.74. The third kappa shape index (κ3) is 2.99. The quantitative estimate of drug-likeness (QED) is 0.567. The van der Waals surface area contributed by atoms with Crippen LogP contribution in [0.1, 0.15) is 12.5 Å². The number of nitro benzene ring substituents is 1. The van der Waals surface area contributed by atoms with E-state index in [0.717, 1.165) is 12.1 Å². The standard InChI is InChI=1S/C10H13FN2O2/c1-3-12(2)7-8-4-5-10(13(14)15)9(11)6-8/h4-6H,3,7H2,1-2H3. The van der Waals surface area contributed by atoms with Crippen molar-refractivity contribution in [3.63, 3.8) is 0 Å². The van der Waals surface area contributed by atoms with Crippen molar-refractivity contribution in [2.45, 2.75) is 13.5 Å². The zero-order valence-corrected chi connectivity index (χ0v) is 8.74.